The van der Waals surface area contributed by atoms with Gasteiger partial charge < -0.3 is 10.1 Å². The van der Waals surface area contributed by atoms with Gasteiger partial charge >= 0.3 is 0 Å². The summed E-state index contributed by atoms with van der Waals surface area (Å²) in [6, 6.07) is 8.39. The number of hydrogen-bond donors (Lipinski definition) is 1. The zero-order valence-electron chi connectivity index (χ0n) is 10.5. The SMILES string of the molecule is CCNc1ncccc1COc1ccc(F)c(Br)c1. The molecule has 0 saturated carbocycles. The molecule has 2 aromatic rings. The molecule has 19 heavy (non-hydrogen) atoms. The molecular weight excluding hydrogens is 311 g/mol. The first-order valence-corrected chi connectivity index (χ1v) is 6.75. The zero-order chi connectivity index (χ0) is 13.7. The zero-order valence-corrected chi connectivity index (χ0v) is 12.1. The van der Waals surface area contributed by atoms with Crippen LogP contribution in [0.3, 0.4) is 0 Å². The predicted octanol–water partition coefficient (Wildman–Crippen LogP) is 3.99. The predicted molar refractivity (Wildman–Crippen MR) is 76.8 cm³/mol. The van der Waals surface area contributed by atoms with Crippen molar-refractivity contribution in [2.75, 3.05) is 11.9 Å². The molecule has 1 N–H and O–H groups in total. The van der Waals surface area contributed by atoms with Gasteiger partial charge in [0.2, 0.25) is 0 Å². The fraction of sp³-hybridized carbons (Fsp3) is 0.214. The third kappa shape index (κ3) is 3.67. The molecule has 0 aliphatic heterocycles. The molecule has 2 rings (SSSR count). The van der Waals surface area contributed by atoms with Crippen LogP contribution in [-0.2, 0) is 6.61 Å². The van der Waals surface area contributed by atoms with Gasteiger partial charge in [0.05, 0.1) is 4.47 Å². The summed E-state index contributed by atoms with van der Waals surface area (Å²) in [5.41, 5.74) is 0.963. The molecule has 3 nitrogen and oxygen atoms in total. The lowest BCUT2D eigenvalue weighted by atomic mass is 10.2. The number of rotatable bonds is 5. The van der Waals surface area contributed by atoms with Gasteiger partial charge in [0.15, 0.2) is 0 Å². The highest BCUT2D eigenvalue weighted by Gasteiger charge is 2.05. The fourth-order valence-corrected chi connectivity index (χ4v) is 1.97. The number of anilines is 1. The Morgan fingerprint density at radius 2 is 2.21 bits per heavy atom. The summed E-state index contributed by atoms with van der Waals surface area (Å²) in [7, 11) is 0. The molecule has 0 aliphatic carbocycles. The number of benzene rings is 1. The number of hydrogen-bond acceptors (Lipinski definition) is 3. The highest BCUT2D eigenvalue weighted by molar-refractivity contribution is 9.10. The Hall–Kier alpha value is -1.62. The van der Waals surface area contributed by atoms with Crippen molar-refractivity contribution in [2.45, 2.75) is 13.5 Å². The Bertz CT molecular complexity index is 563. The minimum absolute atomic E-state index is 0.304. The lowest BCUT2D eigenvalue weighted by Crippen LogP contribution is -2.05. The molecule has 100 valence electrons. The lowest BCUT2D eigenvalue weighted by Gasteiger charge is -2.11. The molecule has 5 heteroatoms. The van der Waals surface area contributed by atoms with Gasteiger partial charge in [0, 0.05) is 18.3 Å². The first-order chi connectivity index (χ1) is 9.20. The largest absolute Gasteiger partial charge is 0.489 e. The first kappa shape index (κ1) is 13.8. The summed E-state index contributed by atoms with van der Waals surface area (Å²) in [6.45, 7) is 3.19. The fourth-order valence-electron chi connectivity index (χ4n) is 1.61. The molecule has 0 spiro atoms. The van der Waals surface area contributed by atoms with Crippen molar-refractivity contribution in [1.82, 2.24) is 4.98 Å². The minimum atomic E-state index is -0.304. The van der Waals surface area contributed by atoms with Crippen LogP contribution in [0.4, 0.5) is 10.2 Å². The van der Waals surface area contributed by atoms with Gasteiger partial charge in [-0.05, 0) is 47.1 Å². The van der Waals surface area contributed by atoms with Crippen LogP contribution >= 0.6 is 15.9 Å². The molecule has 0 amide bonds. The van der Waals surface area contributed by atoms with Gasteiger partial charge in [0.25, 0.3) is 0 Å². The standard InChI is InChI=1S/C14H14BrFN2O/c1-2-17-14-10(4-3-7-18-14)9-19-11-5-6-13(16)12(15)8-11/h3-8H,2,9H2,1H3,(H,17,18). The normalized spacial score (nSPS) is 10.3. The molecule has 0 saturated heterocycles. The summed E-state index contributed by atoms with van der Waals surface area (Å²) >= 11 is 3.13. The summed E-state index contributed by atoms with van der Waals surface area (Å²) in [4.78, 5) is 4.25. The van der Waals surface area contributed by atoms with E-state index >= 15 is 0 Å². The van der Waals surface area contributed by atoms with E-state index in [1.165, 1.54) is 6.07 Å². The molecule has 0 fully saturated rings. The Morgan fingerprint density at radius 1 is 1.37 bits per heavy atom. The van der Waals surface area contributed by atoms with Crippen molar-refractivity contribution in [3.63, 3.8) is 0 Å². The molecular formula is C14H14BrFN2O. The van der Waals surface area contributed by atoms with E-state index in [4.69, 9.17) is 4.74 Å². The smallest absolute Gasteiger partial charge is 0.137 e. The quantitative estimate of drug-likeness (QED) is 0.902. The average Bonchev–Trinajstić information content (AvgIpc) is 2.42. The van der Waals surface area contributed by atoms with Crippen LogP contribution in [-0.4, -0.2) is 11.5 Å². The van der Waals surface area contributed by atoms with Crippen LogP contribution in [0.1, 0.15) is 12.5 Å². The highest BCUT2D eigenvalue weighted by atomic mass is 79.9. The third-order valence-corrected chi connectivity index (χ3v) is 3.13. The van der Waals surface area contributed by atoms with Gasteiger partial charge in [-0.1, -0.05) is 6.07 Å². The number of halogens is 2. The van der Waals surface area contributed by atoms with Crippen molar-refractivity contribution >= 4 is 21.7 Å². The van der Waals surface area contributed by atoms with Crippen LogP contribution in [0.5, 0.6) is 5.75 Å². The van der Waals surface area contributed by atoms with Crippen LogP contribution in [0, 0.1) is 5.82 Å². The van der Waals surface area contributed by atoms with Crippen LogP contribution in [0.15, 0.2) is 41.0 Å². The topological polar surface area (TPSA) is 34.2 Å². The van der Waals surface area contributed by atoms with E-state index in [0.717, 1.165) is 17.9 Å². The number of nitrogens with zero attached hydrogens (tertiary/aromatic N) is 1. The first-order valence-electron chi connectivity index (χ1n) is 5.96. The van der Waals surface area contributed by atoms with Crippen LogP contribution < -0.4 is 10.1 Å². The monoisotopic (exact) mass is 324 g/mol. The van der Waals surface area contributed by atoms with Gasteiger partial charge in [-0.25, -0.2) is 9.37 Å². The Labute approximate surface area is 119 Å². The summed E-state index contributed by atoms with van der Waals surface area (Å²) < 4.78 is 19.1. The summed E-state index contributed by atoms with van der Waals surface area (Å²) in [5, 5.41) is 3.17. The second-order valence-corrected chi connectivity index (χ2v) is 4.76. The van der Waals surface area contributed by atoms with Crippen molar-refractivity contribution in [1.29, 1.82) is 0 Å². The minimum Gasteiger partial charge on any atom is -0.489 e. The second-order valence-electron chi connectivity index (χ2n) is 3.91. The van der Waals surface area contributed by atoms with Gasteiger partial charge in [0.1, 0.15) is 24.0 Å². The Kier molecular flexibility index (Phi) is 4.74. The molecule has 0 radical (unpaired) electrons. The molecule has 0 aliphatic rings. The average molecular weight is 325 g/mol. The number of aromatic nitrogens is 1. The Morgan fingerprint density at radius 3 is 2.95 bits per heavy atom. The lowest BCUT2D eigenvalue weighted by molar-refractivity contribution is 0.305. The molecule has 1 aromatic carbocycles. The van der Waals surface area contributed by atoms with Gasteiger partial charge in [-0.2, -0.15) is 0 Å². The van der Waals surface area contributed by atoms with E-state index in [1.807, 2.05) is 19.1 Å². The van der Waals surface area contributed by atoms with E-state index in [2.05, 4.69) is 26.2 Å². The van der Waals surface area contributed by atoms with E-state index < -0.39 is 0 Å². The molecule has 0 unspecified atom stereocenters. The number of pyridine rings is 1. The molecule has 1 aromatic heterocycles. The number of nitrogens with one attached hydrogen (secondary N) is 1. The van der Waals surface area contributed by atoms with Gasteiger partial charge in [-0.3, -0.25) is 0 Å². The maximum absolute atomic E-state index is 13.1. The van der Waals surface area contributed by atoms with E-state index in [9.17, 15) is 4.39 Å². The highest BCUT2D eigenvalue weighted by Crippen LogP contribution is 2.23. The van der Waals surface area contributed by atoms with Crippen molar-refractivity contribution in [2.24, 2.45) is 0 Å². The van der Waals surface area contributed by atoms with E-state index in [-0.39, 0.29) is 5.82 Å². The maximum atomic E-state index is 13.1. The van der Waals surface area contributed by atoms with Gasteiger partial charge in [-0.15, -0.1) is 0 Å². The third-order valence-electron chi connectivity index (χ3n) is 2.52. The molecule has 0 bridgehead atoms. The van der Waals surface area contributed by atoms with Crippen molar-refractivity contribution in [3.05, 3.63) is 52.4 Å². The van der Waals surface area contributed by atoms with Crippen molar-refractivity contribution in [3.8, 4) is 5.75 Å². The molecule has 0 atom stereocenters. The summed E-state index contributed by atoms with van der Waals surface area (Å²) in [5.74, 6) is 1.12. The Balaban J connectivity index is 2.07. The maximum Gasteiger partial charge on any atom is 0.137 e. The van der Waals surface area contributed by atoms with E-state index in [0.29, 0.717) is 16.8 Å². The van der Waals surface area contributed by atoms with E-state index in [1.54, 1.807) is 18.3 Å². The summed E-state index contributed by atoms with van der Waals surface area (Å²) in [6.07, 6.45) is 1.73. The van der Waals surface area contributed by atoms with Crippen LogP contribution in [0.2, 0.25) is 0 Å². The van der Waals surface area contributed by atoms with Crippen LogP contribution in [0.25, 0.3) is 0 Å². The number of ether oxygens (including phenoxy) is 1. The van der Waals surface area contributed by atoms with Crippen molar-refractivity contribution < 1.29 is 9.13 Å². The second kappa shape index (κ2) is 6.52. The molecule has 1 heterocycles.